The molecule has 0 fully saturated rings. The third-order valence-electron chi connectivity index (χ3n) is 5.10. The van der Waals surface area contributed by atoms with Crippen LogP contribution in [0.1, 0.15) is 5.56 Å². The van der Waals surface area contributed by atoms with Crippen molar-refractivity contribution in [2.45, 2.75) is 6.54 Å². The third-order valence-corrected chi connectivity index (χ3v) is 6.09. The van der Waals surface area contributed by atoms with Crippen LogP contribution in [0.3, 0.4) is 0 Å². The van der Waals surface area contributed by atoms with Crippen molar-refractivity contribution in [3.63, 3.8) is 0 Å². The Bertz CT molecular complexity index is 1450. The van der Waals surface area contributed by atoms with Crippen LogP contribution in [0.25, 0.3) is 11.4 Å². The lowest BCUT2D eigenvalue weighted by Gasteiger charge is -2.17. The molecule has 0 amide bonds. The van der Waals surface area contributed by atoms with Crippen LogP contribution < -0.4 is 28.4 Å². The number of nitrogens with zero attached hydrogens (tertiary/aromatic N) is 3. The van der Waals surface area contributed by atoms with E-state index >= 15 is 0 Å². The summed E-state index contributed by atoms with van der Waals surface area (Å²) in [5.41, 5.74) is 1.33. The lowest BCUT2D eigenvalue weighted by atomic mass is 10.2. The number of hydrogen-bond acceptors (Lipinski definition) is 9. The molecule has 4 aromatic rings. The first-order valence-electron chi connectivity index (χ1n) is 11.0. The predicted octanol–water partition coefficient (Wildman–Crippen LogP) is 3.80. The van der Waals surface area contributed by atoms with Gasteiger partial charge in [0.15, 0.2) is 23.1 Å². The van der Waals surface area contributed by atoms with E-state index in [2.05, 4.69) is 24.4 Å². The summed E-state index contributed by atoms with van der Waals surface area (Å²) in [5.74, 6) is 1.45. The first-order valence-corrected chi connectivity index (χ1v) is 12.5. The second kappa shape index (κ2) is 11.5. The van der Waals surface area contributed by atoms with Crippen LogP contribution in [0.15, 0.2) is 73.1 Å². The molecule has 0 aliphatic heterocycles. The van der Waals surface area contributed by atoms with Crippen LogP contribution in [-0.2, 0) is 16.8 Å². The lowest BCUT2D eigenvalue weighted by molar-refractivity contribution is 0.348. The maximum absolute atomic E-state index is 13.0. The van der Waals surface area contributed by atoms with Gasteiger partial charge in [-0.1, -0.05) is 24.3 Å². The Morgan fingerprint density at radius 3 is 2.16 bits per heavy atom. The molecule has 0 saturated heterocycles. The zero-order chi connectivity index (χ0) is 26.3. The molecule has 2 N–H and O–H groups in total. The van der Waals surface area contributed by atoms with Crippen LogP contribution >= 0.6 is 0 Å². The van der Waals surface area contributed by atoms with Gasteiger partial charge in [-0.05, 0) is 42.0 Å². The first kappa shape index (κ1) is 25.7. The van der Waals surface area contributed by atoms with E-state index in [1.54, 1.807) is 80.2 Å². The van der Waals surface area contributed by atoms with Crippen molar-refractivity contribution in [1.82, 2.24) is 19.7 Å². The SMILES string of the molecule is COc1ccc(CNS(=O)(=O)Nc2nc(-c3ccncc3)nc(OC)c2Oc2ccccc2OC)cc1. The molecule has 0 aliphatic rings. The highest BCUT2D eigenvalue weighted by Crippen LogP contribution is 2.41. The lowest BCUT2D eigenvalue weighted by Crippen LogP contribution is -2.30. The van der Waals surface area contributed by atoms with Gasteiger partial charge in [-0.2, -0.15) is 18.1 Å². The fourth-order valence-corrected chi connectivity index (χ4v) is 4.08. The molecule has 0 unspecified atom stereocenters. The zero-order valence-electron chi connectivity index (χ0n) is 20.3. The van der Waals surface area contributed by atoms with E-state index in [4.69, 9.17) is 18.9 Å². The number of rotatable bonds is 11. The Balaban J connectivity index is 1.70. The summed E-state index contributed by atoms with van der Waals surface area (Å²) < 4.78 is 53.0. The monoisotopic (exact) mass is 523 g/mol. The van der Waals surface area contributed by atoms with Gasteiger partial charge in [0, 0.05) is 24.5 Å². The second-order valence-electron chi connectivity index (χ2n) is 7.50. The topological polar surface area (TPSA) is 134 Å². The molecule has 12 heteroatoms. The molecule has 0 aliphatic carbocycles. The summed E-state index contributed by atoms with van der Waals surface area (Å²) in [6.07, 6.45) is 3.15. The van der Waals surface area contributed by atoms with Crippen LogP contribution in [0, 0.1) is 0 Å². The third kappa shape index (κ3) is 6.42. The number of methoxy groups -OCH3 is 3. The summed E-state index contributed by atoms with van der Waals surface area (Å²) in [6.45, 7) is 0.0292. The standard InChI is InChI=1S/C25H25N5O6S/c1-33-19-10-8-17(9-11-19)16-27-37(31,32)30-24-22(36-21-7-5-4-6-20(21)34-2)25(35-3)29-23(28-24)18-12-14-26-15-13-18/h4-15,27H,16H2,1-3H3,(H,28,29,30). The Morgan fingerprint density at radius 1 is 0.811 bits per heavy atom. The molecule has 2 aromatic carbocycles. The molecule has 0 saturated carbocycles. The van der Waals surface area contributed by atoms with Crippen molar-refractivity contribution in [1.29, 1.82) is 0 Å². The summed E-state index contributed by atoms with van der Waals surface area (Å²) in [7, 11) is 0.346. The quantitative estimate of drug-likeness (QED) is 0.301. The number of ether oxygens (including phenoxy) is 4. The fourth-order valence-electron chi connectivity index (χ4n) is 3.26. The molecular weight excluding hydrogens is 498 g/mol. The Labute approximate surface area is 214 Å². The maximum atomic E-state index is 13.0. The van der Waals surface area contributed by atoms with Gasteiger partial charge in [0.2, 0.25) is 5.75 Å². The molecule has 192 valence electrons. The molecule has 37 heavy (non-hydrogen) atoms. The van der Waals surface area contributed by atoms with Crippen LogP contribution in [0.5, 0.6) is 28.9 Å². The Hall–Kier alpha value is -4.42. The van der Waals surface area contributed by atoms with Gasteiger partial charge in [-0.3, -0.25) is 9.71 Å². The number of benzene rings is 2. The second-order valence-corrected chi connectivity index (χ2v) is 9.00. The molecule has 0 radical (unpaired) electrons. The Morgan fingerprint density at radius 2 is 1.51 bits per heavy atom. The summed E-state index contributed by atoms with van der Waals surface area (Å²) in [4.78, 5) is 12.9. The molecule has 0 bridgehead atoms. The number of nitrogens with one attached hydrogen (secondary N) is 2. The van der Waals surface area contributed by atoms with Gasteiger partial charge < -0.3 is 18.9 Å². The largest absolute Gasteiger partial charge is 0.497 e. The van der Waals surface area contributed by atoms with Crippen molar-refractivity contribution in [3.05, 3.63) is 78.6 Å². The van der Waals surface area contributed by atoms with Crippen molar-refractivity contribution in [2.24, 2.45) is 0 Å². The number of hydrogen-bond donors (Lipinski definition) is 2. The molecule has 2 heterocycles. The van der Waals surface area contributed by atoms with Crippen molar-refractivity contribution in [3.8, 4) is 40.3 Å². The van der Waals surface area contributed by atoms with E-state index in [1.165, 1.54) is 14.2 Å². The molecule has 2 aromatic heterocycles. The highest BCUT2D eigenvalue weighted by molar-refractivity contribution is 7.90. The predicted molar refractivity (Wildman–Crippen MR) is 137 cm³/mol. The average molecular weight is 524 g/mol. The number of para-hydroxylation sites is 2. The maximum Gasteiger partial charge on any atom is 0.300 e. The van der Waals surface area contributed by atoms with Crippen molar-refractivity contribution in [2.75, 3.05) is 26.1 Å². The van der Waals surface area contributed by atoms with Crippen LogP contribution in [0.2, 0.25) is 0 Å². The van der Waals surface area contributed by atoms with E-state index in [9.17, 15) is 8.42 Å². The summed E-state index contributed by atoms with van der Waals surface area (Å²) >= 11 is 0. The van der Waals surface area contributed by atoms with E-state index < -0.39 is 10.2 Å². The number of aromatic nitrogens is 3. The average Bonchev–Trinajstić information content (AvgIpc) is 2.93. The van der Waals surface area contributed by atoms with Gasteiger partial charge in [0.1, 0.15) is 5.75 Å². The van der Waals surface area contributed by atoms with Crippen LogP contribution in [-0.4, -0.2) is 44.7 Å². The Kier molecular flexibility index (Phi) is 8.01. The van der Waals surface area contributed by atoms with E-state index in [-0.39, 0.29) is 29.8 Å². The minimum Gasteiger partial charge on any atom is -0.497 e. The molecule has 0 spiro atoms. The summed E-state index contributed by atoms with van der Waals surface area (Å²) in [6, 6.07) is 17.3. The number of pyridine rings is 1. The molecule has 4 rings (SSSR count). The molecule has 0 atom stereocenters. The normalized spacial score (nSPS) is 11.0. The van der Waals surface area contributed by atoms with Gasteiger partial charge >= 0.3 is 10.2 Å². The van der Waals surface area contributed by atoms with Gasteiger partial charge in [-0.25, -0.2) is 4.98 Å². The van der Waals surface area contributed by atoms with E-state index in [0.29, 0.717) is 22.8 Å². The molecular formula is C25H25N5O6S. The van der Waals surface area contributed by atoms with Gasteiger partial charge in [-0.15, -0.1) is 0 Å². The zero-order valence-corrected chi connectivity index (χ0v) is 21.2. The van der Waals surface area contributed by atoms with Crippen LogP contribution in [0.4, 0.5) is 5.82 Å². The van der Waals surface area contributed by atoms with E-state index in [0.717, 1.165) is 5.56 Å². The van der Waals surface area contributed by atoms with Gasteiger partial charge in [0.05, 0.1) is 21.3 Å². The first-order chi connectivity index (χ1) is 17.9. The fraction of sp³-hybridized carbons (Fsp3) is 0.160. The van der Waals surface area contributed by atoms with Gasteiger partial charge in [0.25, 0.3) is 5.88 Å². The summed E-state index contributed by atoms with van der Waals surface area (Å²) in [5, 5.41) is 0. The highest BCUT2D eigenvalue weighted by atomic mass is 32.2. The highest BCUT2D eigenvalue weighted by Gasteiger charge is 2.24. The smallest absolute Gasteiger partial charge is 0.300 e. The minimum atomic E-state index is -4.10. The van der Waals surface area contributed by atoms with E-state index in [1.807, 2.05) is 0 Å². The van der Waals surface area contributed by atoms with Crippen molar-refractivity contribution < 1.29 is 27.4 Å². The number of anilines is 1. The molecule has 11 nitrogen and oxygen atoms in total. The van der Waals surface area contributed by atoms with Crippen molar-refractivity contribution >= 4 is 16.0 Å². The minimum absolute atomic E-state index is 0.0144.